The van der Waals surface area contributed by atoms with E-state index in [1.807, 2.05) is 0 Å². The lowest BCUT2D eigenvalue weighted by molar-refractivity contribution is 0.398. The Morgan fingerprint density at radius 1 is 1.31 bits per heavy atom. The Bertz CT molecular complexity index is 326. The lowest BCUT2D eigenvalue weighted by atomic mass is 10.0. The third-order valence-electron chi connectivity index (χ3n) is 2.08. The zero-order valence-corrected chi connectivity index (χ0v) is 9.49. The normalized spacial score (nSPS) is 11.8. The molecule has 0 amide bonds. The number of methoxy groups -OCH3 is 1. The lowest BCUT2D eigenvalue weighted by Crippen LogP contribution is -2.15. The summed E-state index contributed by atoms with van der Waals surface area (Å²) < 4.78 is 43.4. The number of halogens is 4. The van der Waals surface area contributed by atoms with Gasteiger partial charge in [-0.1, -0.05) is 0 Å². The van der Waals surface area contributed by atoms with Gasteiger partial charge in [0.2, 0.25) is 0 Å². The number of alkyl halides is 1. The van der Waals surface area contributed by atoms with Crippen molar-refractivity contribution in [1.29, 1.82) is 0 Å². The van der Waals surface area contributed by atoms with Crippen LogP contribution in [-0.2, 0) is 0 Å². The van der Waals surface area contributed by atoms with Crippen LogP contribution in [0.2, 0.25) is 0 Å². The van der Waals surface area contributed by atoms with Crippen molar-refractivity contribution in [1.82, 2.24) is 0 Å². The van der Waals surface area contributed by atoms with Gasteiger partial charge in [-0.15, -0.1) is 12.4 Å². The van der Waals surface area contributed by atoms with Gasteiger partial charge in [0, 0.05) is 23.7 Å². The SMILES string of the molecule is COc1cc(F)c([C@@H](N)CCF)c(F)c1.Cl. The Morgan fingerprint density at radius 3 is 2.19 bits per heavy atom. The summed E-state index contributed by atoms with van der Waals surface area (Å²) in [6.07, 6.45) is -0.111. The summed E-state index contributed by atoms with van der Waals surface area (Å²) >= 11 is 0. The molecule has 1 aromatic carbocycles. The number of benzene rings is 1. The van der Waals surface area contributed by atoms with Gasteiger partial charge in [-0.3, -0.25) is 4.39 Å². The summed E-state index contributed by atoms with van der Waals surface area (Å²) in [6.45, 7) is -0.716. The number of ether oxygens (including phenoxy) is 1. The first-order valence-electron chi connectivity index (χ1n) is 4.44. The quantitative estimate of drug-likeness (QED) is 0.898. The molecule has 0 heterocycles. The molecule has 0 spiro atoms. The van der Waals surface area contributed by atoms with Crippen LogP contribution >= 0.6 is 12.4 Å². The number of nitrogens with two attached hydrogens (primary N) is 1. The maximum Gasteiger partial charge on any atom is 0.134 e. The predicted molar refractivity (Wildman–Crippen MR) is 57.7 cm³/mol. The monoisotopic (exact) mass is 255 g/mol. The van der Waals surface area contributed by atoms with E-state index in [2.05, 4.69) is 4.74 Å². The third kappa shape index (κ3) is 3.28. The minimum atomic E-state index is -0.971. The van der Waals surface area contributed by atoms with Gasteiger partial charge in [0.25, 0.3) is 0 Å². The largest absolute Gasteiger partial charge is 0.497 e. The Hall–Kier alpha value is -0.940. The fraction of sp³-hybridized carbons (Fsp3) is 0.400. The average Bonchev–Trinajstić information content (AvgIpc) is 2.16. The Balaban J connectivity index is 0.00000225. The minimum Gasteiger partial charge on any atom is -0.497 e. The Morgan fingerprint density at radius 2 is 1.81 bits per heavy atom. The molecule has 1 atom stereocenters. The summed E-state index contributed by atoms with van der Waals surface area (Å²) in [6, 6.07) is 1.08. The van der Waals surface area contributed by atoms with Gasteiger partial charge in [0.1, 0.15) is 17.4 Å². The molecule has 0 unspecified atom stereocenters. The highest BCUT2D eigenvalue weighted by Gasteiger charge is 2.18. The van der Waals surface area contributed by atoms with Crippen molar-refractivity contribution in [2.45, 2.75) is 12.5 Å². The van der Waals surface area contributed by atoms with Crippen molar-refractivity contribution in [3.8, 4) is 5.75 Å². The van der Waals surface area contributed by atoms with Crippen LogP contribution < -0.4 is 10.5 Å². The number of hydrogen-bond acceptors (Lipinski definition) is 2. The van der Waals surface area contributed by atoms with Gasteiger partial charge in [-0.25, -0.2) is 8.78 Å². The summed E-state index contributed by atoms with van der Waals surface area (Å²) in [7, 11) is 1.30. The zero-order chi connectivity index (χ0) is 11.4. The van der Waals surface area contributed by atoms with Gasteiger partial charge >= 0.3 is 0 Å². The zero-order valence-electron chi connectivity index (χ0n) is 8.67. The van der Waals surface area contributed by atoms with Crippen LogP contribution in [0.15, 0.2) is 12.1 Å². The molecule has 0 aromatic heterocycles. The fourth-order valence-corrected chi connectivity index (χ4v) is 1.30. The van der Waals surface area contributed by atoms with Gasteiger partial charge < -0.3 is 10.5 Å². The molecule has 0 fully saturated rings. The van der Waals surface area contributed by atoms with Crippen molar-refractivity contribution < 1.29 is 17.9 Å². The van der Waals surface area contributed by atoms with Crippen LogP contribution in [-0.4, -0.2) is 13.8 Å². The molecular weight excluding hydrogens is 243 g/mol. The van der Waals surface area contributed by atoms with E-state index >= 15 is 0 Å². The third-order valence-corrected chi connectivity index (χ3v) is 2.08. The molecule has 0 aliphatic heterocycles. The van der Waals surface area contributed by atoms with Crippen LogP contribution in [0.25, 0.3) is 0 Å². The van der Waals surface area contributed by atoms with E-state index in [1.165, 1.54) is 7.11 Å². The summed E-state index contributed by atoms with van der Waals surface area (Å²) in [5.74, 6) is -1.55. The Labute approximate surface area is 98.0 Å². The highest BCUT2D eigenvalue weighted by Crippen LogP contribution is 2.26. The van der Waals surface area contributed by atoms with Gasteiger partial charge in [0.05, 0.1) is 13.8 Å². The second-order valence-corrected chi connectivity index (χ2v) is 3.09. The van der Waals surface area contributed by atoms with E-state index in [0.717, 1.165) is 12.1 Å². The lowest BCUT2D eigenvalue weighted by Gasteiger charge is -2.13. The number of hydrogen-bond donors (Lipinski definition) is 1. The van der Waals surface area contributed by atoms with Crippen molar-refractivity contribution in [2.24, 2.45) is 5.73 Å². The smallest absolute Gasteiger partial charge is 0.134 e. The molecule has 1 rings (SSSR count). The van der Waals surface area contributed by atoms with Crippen LogP contribution in [0.4, 0.5) is 13.2 Å². The highest BCUT2D eigenvalue weighted by atomic mass is 35.5. The molecule has 0 bridgehead atoms. The molecule has 16 heavy (non-hydrogen) atoms. The van der Waals surface area contributed by atoms with Crippen molar-refractivity contribution in [3.05, 3.63) is 29.3 Å². The molecule has 2 nitrogen and oxygen atoms in total. The minimum absolute atomic E-state index is 0. The van der Waals surface area contributed by atoms with Crippen LogP contribution in [0.5, 0.6) is 5.75 Å². The van der Waals surface area contributed by atoms with E-state index in [4.69, 9.17) is 5.73 Å². The van der Waals surface area contributed by atoms with Gasteiger partial charge in [0.15, 0.2) is 0 Å². The molecule has 0 saturated heterocycles. The molecule has 1 aromatic rings. The second kappa shape index (κ2) is 6.60. The van der Waals surface area contributed by atoms with Crippen LogP contribution in [0.3, 0.4) is 0 Å². The molecule has 6 heteroatoms. The molecule has 0 aliphatic rings. The average molecular weight is 256 g/mol. The summed E-state index contributed by atoms with van der Waals surface area (Å²) in [5.41, 5.74) is 5.14. The molecular formula is C10H13ClF3NO. The standard InChI is InChI=1S/C10H12F3NO.ClH/c1-15-6-4-7(12)10(8(13)5-6)9(14)2-3-11;/h4-5,9H,2-3,14H2,1H3;1H/t9-;/m0./s1. The maximum atomic E-state index is 13.3. The Kier molecular flexibility index (Phi) is 6.21. The predicted octanol–water partition coefficient (Wildman–Crippen LogP) is 2.75. The van der Waals surface area contributed by atoms with Crippen molar-refractivity contribution >= 4 is 12.4 Å². The van der Waals surface area contributed by atoms with Gasteiger partial charge in [-0.05, 0) is 6.42 Å². The molecule has 0 aliphatic carbocycles. The molecule has 0 radical (unpaired) electrons. The van der Waals surface area contributed by atoms with Crippen molar-refractivity contribution in [3.63, 3.8) is 0 Å². The van der Waals surface area contributed by atoms with Crippen LogP contribution in [0.1, 0.15) is 18.0 Å². The van der Waals surface area contributed by atoms with E-state index in [9.17, 15) is 13.2 Å². The van der Waals surface area contributed by atoms with E-state index in [-0.39, 0.29) is 30.1 Å². The topological polar surface area (TPSA) is 35.2 Å². The number of rotatable bonds is 4. The summed E-state index contributed by atoms with van der Waals surface area (Å²) in [5, 5.41) is 0. The maximum absolute atomic E-state index is 13.3. The molecule has 92 valence electrons. The van der Waals surface area contributed by atoms with E-state index in [0.29, 0.717) is 0 Å². The van der Waals surface area contributed by atoms with Crippen molar-refractivity contribution in [2.75, 3.05) is 13.8 Å². The second-order valence-electron chi connectivity index (χ2n) is 3.09. The van der Waals surface area contributed by atoms with E-state index < -0.39 is 24.4 Å². The first-order chi connectivity index (χ1) is 7.10. The van der Waals surface area contributed by atoms with Crippen LogP contribution in [0, 0.1) is 11.6 Å². The fourth-order valence-electron chi connectivity index (χ4n) is 1.30. The van der Waals surface area contributed by atoms with Gasteiger partial charge in [-0.2, -0.15) is 0 Å². The molecule has 0 saturated carbocycles. The highest BCUT2D eigenvalue weighted by molar-refractivity contribution is 5.85. The molecule has 2 N–H and O–H groups in total. The first-order valence-corrected chi connectivity index (χ1v) is 4.44. The summed E-state index contributed by atoms with van der Waals surface area (Å²) in [4.78, 5) is 0. The first kappa shape index (κ1) is 15.1. The van der Waals surface area contributed by atoms with E-state index in [1.54, 1.807) is 0 Å².